The van der Waals surface area contributed by atoms with E-state index >= 15 is 0 Å². The van der Waals surface area contributed by atoms with E-state index in [4.69, 9.17) is 16.7 Å². The van der Waals surface area contributed by atoms with Crippen molar-refractivity contribution in [2.45, 2.75) is 37.6 Å². The molecule has 1 spiro atoms. The fourth-order valence-electron chi connectivity index (χ4n) is 4.11. The number of nitrogens with zero attached hydrogens (tertiary/aromatic N) is 2. The first-order chi connectivity index (χ1) is 12.0. The summed E-state index contributed by atoms with van der Waals surface area (Å²) in [6.07, 6.45) is 2.88. The Kier molecular flexibility index (Phi) is 5.29. The van der Waals surface area contributed by atoms with Crippen molar-refractivity contribution in [2.24, 2.45) is 0 Å². The Bertz CT molecular complexity index is 662. The maximum Gasteiger partial charge on any atom is 0.248 e. The molecular weight excluding hydrogens is 347 g/mol. The summed E-state index contributed by atoms with van der Waals surface area (Å²) in [5, 5.41) is 9.42. The van der Waals surface area contributed by atoms with Crippen molar-refractivity contribution >= 4 is 23.4 Å². The molecule has 5 nitrogen and oxygen atoms in total. The van der Waals surface area contributed by atoms with E-state index in [0.29, 0.717) is 38.0 Å². The topological polar surface area (TPSA) is 60.9 Å². The fourth-order valence-corrected chi connectivity index (χ4v) is 4.35. The summed E-state index contributed by atoms with van der Waals surface area (Å²) in [5.74, 6) is -0.733. The highest BCUT2D eigenvalue weighted by Gasteiger charge is 2.52. The number of aliphatic hydroxyl groups is 1. The molecule has 1 atom stereocenters. The largest absolute Gasteiger partial charge is 0.395 e. The van der Waals surface area contributed by atoms with Gasteiger partial charge in [0.15, 0.2) is 0 Å². The lowest BCUT2D eigenvalue weighted by atomic mass is 9.85. The minimum atomic E-state index is -0.804. The van der Waals surface area contributed by atoms with Crippen LogP contribution in [0, 0.1) is 5.82 Å². The SMILES string of the molecule is O=C(Cc1cc(F)cc(Cl)c1)N1CCCC12CCCN(CCO)C2=O. The maximum atomic E-state index is 13.5. The van der Waals surface area contributed by atoms with Crippen LogP contribution in [-0.2, 0) is 16.0 Å². The molecule has 0 bridgehead atoms. The smallest absolute Gasteiger partial charge is 0.248 e. The lowest BCUT2D eigenvalue weighted by Crippen LogP contribution is -2.61. The second-order valence-electron chi connectivity index (χ2n) is 6.75. The monoisotopic (exact) mass is 368 g/mol. The molecular formula is C18H22ClFN2O3. The Morgan fingerprint density at radius 3 is 2.64 bits per heavy atom. The molecule has 7 heteroatoms. The normalized spacial score (nSPS) is 23.6. The zero-order valence-corrected chi connectivity index (χ0v) is 14.8. The first kappa shape index (κ1) is 18.1. The van der Waals surface area contributed by atoms with E-state index in [1.54, 1.807) is 15.9 Å². The molecule has 2 heterocycles. The number of carbonyl (C=O) groups is 2. The van der Waals surface area contributed by atoms with Crippen molar-refractivity contribution in [3.8, 4) is 0 Å². The van der Waals surface area contributed by atoms with Gasteiger partial charge >= 0.3 is 0 Å². The lowest BCUT2D eigenvalue weighted by molar-refractivity contribution is -0.155. The zero-order chi connectivity index (χ0) is 18.0. The van der Waals surface area contributed by atoms with Crippen LogP contribution in [0.15, 0.2) is 18.2 Å². The maximum absolute atomic E-state index is 13.5. The van der Waals surface area contributed by atoms with E-state index < -0.39 is 11.4 Å². The predicted molar refractivity (Wildman–Crippen MR) is 91.7 cm³/mol. The molecule has 2 fully saturated rings. The first-order valence-electron chi connectivity index (χ1n) is 8.62. The molecule has 2 amide bonds. The molecule has 0 saturated carbocycles. The van der Waals surface area contributed by atoms with Gasteiger partial charge in [0.1, 0.15) is 11.4 Å². The molecule has 25 heavy (non-hydrogen) atoms. The van der Waals surface area contributed by atoms with Crippen molar-refractivity contribution in [3.63, 3.8) is 0 Å². The van der Waals surface area contributed by atoms with E-state index in [0.717, 1.165) is 12.8 Å². The number of β-amino-alcohol motifs (C(OH)–C–C–N with tert-alkyl or cyclic N) is 1. The Balaban J connectivity index is 1.80. The van der Waals surface area contributed by atoms with Crippen LogP contribution in [0.5, 0.6) is 0 Å². The molecule has 2 saturated heterocycles. The molecule has 3 rings (SSSR count). The van der Waals surface area contributed by atoms with E-state index in [2.05, 4.69) is 0 Å². The highest BCUT2D eigenvalue weighted by molar-refractivity contribution is 6.30. The van der Waals surface area contributed by atoms with Gasteiger partial charge in [-0.15, -0.1) is 0 Å². The van der Waals surface area contributed by atoms with E-state index in [1.165, 1.54) is 12.1 Å². The number of carbonyl (C=O) groups excluding carboxylic acids is 2. The number of rotatable bonds is 4. The molecule has 1 N–H and O–H groups in total. The summed E-state index contributed by atoms with van der Waals surface area (Å²) in [6, 6.07) is 4.07. The number of piperidine rings is 1. The van der Waals surface area contributed by atoms with Crippen LogP contribution in [0.25, 0.3) is 0 Å². The molecule has 1 aromatic rings. The fraction of sp³-hybridized carbons (Fsp3) is 0.556. The van der Waals surface area contributed by atoms with Crippen LogP contribution in [-0.4, -0.2) is 58.5 Å². The van der Waals surface area contributed by atoms with Crippen LogP contribution in [0.1, 0.15) is 31.2 Å². The summed E-state index contributed by atoms with van der Waals surface area (Å²) in [6.45, 7) is 1.35. The Morgan fingerprint density at radius 2 is 1.96 bits per heavy atom. The van der Waals surface area contributed by atoms with Crippen LogP contribution in [0.4, 0.5) is 4.39 Å². The van der Waals surface area contributed by atoms with E-state index in [-0.39, 0.29) is 29.9 Å². The van der Waals surface area contributed by atoms with Crippen molar-refractivity contribution in [3.05, 3.63) is 34.6 Å². The van der Waals surface area contributed by atoms with Crippen LogP contribution in [0.3, 0.4) is 0 Å². The lowest BCUT2D eigenvalue weighted by Gasteiger charge is -2.44. The number of hydrogen-bond donors (Lipinski definition) is 1. The van der Waals surface area contributed by atoms with E-state index in [9.17, 15) is 14.0 Å². The van der Waals surface area contributed by atoms with Gasteiger partial charge in [-0.3, -0.25) is 9.59 Å². The quantitative estimate of drug-likeness (QED) is 0.884. The molecule has 0 aliphatic carbocycles. The minimum Gasteiger partial charge on any atom is -0.395 e. The highest BCUT2D eigenvalue weighted by atomic mass is 35.5. The third-order valence-electron chi connectivity index (χ3n) is 5.14. The summed E-state index contributed by atoms with van der Waals surface area (Å²) in [7, 11) is 0. The van der Waals surface area contributed by atoms with Gasteiger partial charge in [0.2, 0.25) is 11.8 Å². The summed E-state index contributed by atoms with van der Waals surface area (Å²) in [4.78, 5) is 29.1. The van der Waals surface area contributed by atoms with Gasteiger partial charge in [-0.25, -0.2) is 4.39 Å². The number of halogens is 2. The molecule has 1 aromatic carbocycles. The number of likely N-dealkylation sites (tertiary alicyclic amines) is 2. The Morgan fingerprint density at radius 1 is 1.24 bits per heavy atom. The van der Waals surface area contributed by atoms with Crippen molar-refractivity contribution in [1.29, 1.82) is 0 Å². The van der Waals surface area contributed by atoms with Gasteiger partial charge in [-0.1, -0.05) is 11.6 Å². The zero-order valence-electron chi connectivity index (χ0n) is 14.0. The molecule has 0 radical (unpaired) electrons. The molecule has 2 aliphatic heterocycles. The number of benzene rings is 1. The third-order valence-corrected chi connectivity index (χ3v) is 5.36. The van der Waals surface area contributed by atoms with Gasteiger partial charge in [0.05, 0.1) is 13.0 Å². The standard InChI is InChI=1S/C18H22ClFN2O3/c19-14-9-13(10-15(20)12-14)11-16(24)22-6-2-4-18(22)3-1-5-21(7-8-23)17(18)25/h9-10,12,23H,1-8,11H2. The number of amides is 2. The van der Waals surface area contributed by atoms with Gasteiger partial charge < -0.3 is 14.9 Å². The molecule has 136 valence electrons. The van der Waals surface area contributed by atoms with Crippen LogP contribution < -0.4 is 0 Å². The van der Waals surface area contributed by atoms with Crippen LogP contribution in [0.2, 0.25) is 5.02 Å². The average Bonchev–Trinajstić information content (AvgIpc) is 2.96. The second kappa shape index (κ2) is 7.30. The Hall–Kier alpha value is -1.66. The average molecular weight is 369 g/mol. The van der Waals surface area contributed by atoms with Gasteiger partial charge in [-0.2, -0.15) is 0 Å². The molecule has 1 unspecified atom stereocenters. The van der Waals surface area contributed by atoms with Crippen molar-refractivity contribution in [1.82, 2.24) is 9.80 Å². The van der Waals surface area contributed by atoms with Gasteiger partial charge in [0, 0.05) is 24.7 Å². The molecule has 2 aliphatic rings. The summed E-state index contributed by atoms with van der Waals surface area (Å²) < 4.78 is 13.5. The summed E-state index contributed by atoms with van der Waals surface area (Å²) >= 11 is 5.86. The highest BCUT2D eigenvalue weighted by Crippen LogP contribution is 2.38. The van der Waals surface area contributed by atoms with Crippen LogP contribution >= 0.6 is 11.6 Å². The van der Waals surface area contributed by atoms with Gasteiger partial charge in [0.25, 0.3) is 0 Å². The number of hydrogen-bond acceptors (Lipinski definition) is 3. The summed E-state index contributed by atoms with van der Waals surface area (Å²) in [5.41, 5.74) is -0.297. The van der Waals surface area contributed by atoms with Crippen molar-refractivity contribution < 1.29 is 19.1 Å². The van der Waals surface area contributed by atoms with E-state index in [1.807, 2.05) is 0 Å². The first-order valence-corrected chi connectivity index (χ1v) is 9.00. The number of aliphatic hydroxyl groups excluding tert-OH is 1. The minimum absolute atomic E-state index is 0.0203. The van der Waals surface area contributed by atoms with Crippen molar-refractivity contribution in [2.75, 3.05) is 26.2 Å². The molecule has 0 aromatic heterocycles. The van der Waals surface area contributed by atoms with Gasteiger partial charge in [-0.05, 0) is 49.4 Å². The Labute approximate surface area is 151 Å². The predicted octanol–water partition coefficient (Wildman–Crippen LogP) is 2.00. The second-order valence-corrected chi connectivity index (χ2v) is 7.19. The third kappa shape index (κ3) is 3.51.